The number of piperidine rings is 1. The molecule has 2 atom stereocenters. The number of carbonyl (C=O) groups excluding carboxylic acids is 2. The average Bonchev–Trinajstić information content (AvgIpc) is 2.60. The standard InChI is InChI=1S/C23H37BrN2O2/c1-3-18(4-2)21(28)26-7-5-19(6-8-26)25-20(27)14-22-10-16-9-17(11-22)13-23(24,12-16)15-22/h16-19H,3-15H2,1-2H3,(H,25,27). The maximum Gasteiger partial charge on any atom is 0.225 e. The van der Waals surface area contributed by atoms with Crippen LogP contribution in [-0.2, 0) is 9.59 Å². The Balaban J connectivity index is 1.27. The van der Waals surface area contributed by atoms with Crippen LogP contribution in [0.25, 0.3) is 0 Å². The van der Waals surface area contributed by atoms with E-state index >= 15 is 0 Å². The summed E-state index contributed by atoms with van der Waals surface area (Å²) in [5.74, 6) is 2.38. The van der Waals surface area contributed by atoms with E-state index in [2.05, 4.69) is 35.1 Å². The second kappa shape index (κ2) is 7.92. The van der Waals surface area contributed by atoms with E-state index < -0.39 is 0 Å². The summed E-state index contributed by atoms with van der Waals surface area (Å²) in [5.41, 5.74) is 0.240. The van der Waals surface area contributed by atoms with E-state index in [1.165, 1.54) is 38.5 Å². The van der Waals surface area contributed by atoms with Crippen LogP contribution in [0.1, 0.15) is 84.5 Å². The number of rotatable bonds is 6. The summed E-state index contributed by atoms with van der Waals surface area (Å²) in [4.78, 5) is 27.5. The van der Waals surface area contributed by atoms with E-state index in [4.69, 9.17) is 0 Å². The smallest absolute Gasteiger partial charge is 0.225 e. The van der Waals surface area contributed by atoms with Gasteiger partial charge in [0.25, 0.3) is 0 Å². The fraction of sp³-hybridized carbons (Fsp3) is 0.913. The highest BCUT2D eigenvalue weighted by Crippen LogP contribution is 2.65. The molecule has 28 heavy (non-hydrogen) atoms. The first-order valence-electron chi connectivity index (χ1n) is 11.6. The zero-order valence-corrected chi connectivity index (χ0v) is 19.2. The van der Waals surface area contributed by atoms with Crippen LogP contribution in [0, 0.1) is 23.2 Å². The maximum atomic E-state index is 12.9. The van der Waals surface area contributed by atoms with Crippen molar-refractivity contribution in [3.8, 4) is 0 Å². The zero-order valence-electron chi connectivity index (χ0n) is 17.6. The van der Waals surface area contributed by atoms with Crippen LogP contribution in [0.15, 0.2) is 0 Å². The van der Waals surface area contributed by atoms with E-state index in [-0.39, 0.29) is 23.3 Å². The number of carbonyl (C=O) groups is 2. The molecule has 158 valence electrons. The van der Waals surface area contributed by atoms with Crippen molar-refractivity contribution in [2.75, 3.05) is 13.1 Å². The second-order valence-electron chi connectivity index (χ2n) is 10.5. The van der Waals surface area contributed by atoms with Crippen molar-refractivity contribution in [1.82, 2.24) is 10.2 Å². The predicted octanol–water partition coefficient (Wildman–Crippen LogP) is 4.65. The van der Waals surface area contributed by atoms with Crippen molar-refractivity contribution >= 4 is 27.7 Å². The molecule has 4 saturated carbocycles. The monoisotopic (exact) mass is 452 g/mol. The minimum absolute atomic E-state index is 0.166. The molecule has 1 N–H and O–H groups in total. The van der Waals surface area contributed by atoms with Crippen molar-refractivity contribution in [2.24, 2.45) is 23.2 Å². The summed E-state index contributed by atoms with van der Waals surface area (Å²) in [7, 11) is 0. The molecule has 4 nitrogen and oxygen atoms in total. The quantitative estimate of drug-likeness (QED) is 0.595. The van der Waals surface area contributed by atoms with Crippen LogP contribution in [0.2, 0.25) is 0 Å². The molecule has 5 rings (SSSR count). The first kappa shape index (κ1) is 20.7. The summed E-state index contributed by atoms with van der Waals surface area (Å²) in [6.45, 7) is 5.78. The molecule has 4 bridgehead atoms. The minimum Gasteiger partial charge on any atom is -0.353 e. The second-order valence-corrected chi connectivity index (χ2v) is 12.2. The van der Waals surface area contributed by atoms with E-state index in [0.717, 1.165) is 50.6 Å². The van der Waals surface area contributed by atoms with Crippen molar-refractivity contribution in [2.45, 2.75) is 94.8 Å². The summed E-state index contributed by atoms with van der Waals surface area (Å²) in [5, 5.41) is 3.33. The van der Waals surface area contributed by atoms with Crippen molar-refractivity contribution < 1.29 is 9.59 Å². The Morgan fingerprint density at radius 3 is 2.21 bits per heavy atom. The third-order valence-electron chi connectivity index (χ3n) is 8.15. The van der Waals surface area contributed by atoms with Gasteiger partial charge in [-0.3, -0.25) is 9.59 Å². The number of hydrogen-bond acceptors (Lipinski definition) is 2. The first-order chi connectivity index (χ1) is 13.3. The van der Waals surface area contributed by atoms with Gasteiger partial charge in [-0.2, -0.15) is 0 Å². The normalized spacial score (nSPS) is 37.5. The molecule has 4 aliphatic carbocycles. The average molecular weight is 453 g/mol. The molecule has 0 aromatic heterocycles. The third kappa shape index (κ3) is 4.15. The molecule has 1 heterocycles. The topological polar surface area (TPSA) is 49.4 Å². The Morgan fingerprint density at radius 1 is 1.07 bits per heavy atom. The summed E-state index contributed by atoms with van der Waals surface area (Å²) in [6, 6.07) is 0.241. The van der Waals surface area contributed by atoms with Crippen LogP contribution >= 0.6 is 15.9 Å². The lowest BCUT2D eigenvalue weighted by atomic mass is 9.48. The molecule has 2 unspecified atom stereocenters. The predicted molar refractivity (Wildman–Crippen MR) is 115 cm³/mol. The Morgan fingerprint density at radius 2 is 1.68 bits per heavy atom. The van der Waals surface area contributed by atoms with Gasteiger partial charge in [0, 0.05) is 35.8 Å². The number of nitrogens with zero attached hydrogens (tertiary/aromatic N) is 1. The number of likely N-dealkylation sites (tertiary alicyclic amines) is 1. The van der Waals surface area contributed by atoms with E-state index in [9.17, 15) is 9.59 Å². The van der Waals surface area contributed by atoms with Gasteiger partial charge < -0.3 is 10.2 Å². The molecule has 0 spiro atoms. The lowest BCUT2D eigenvalue weighted by molar-refractivity contribution is -0.137. The van der Waals surface area contributed by atoms with Crippen LogP contribution in [-0.4, -0.2) is 40.2 Å². The summed E-state index contributed by atoms with van der Waals surface area (Å²) >= 11 is 4.06. The largest absolute Gasteiger partial charge is 0.353 e. The van der Waals surface area contributed by atoms with Gasteiger partial charge in [0.1, 0.15) is 0 Å². The van der Waals surface area contributed by atoms with E-state index in [0.29, 0.717) is 16.7 Å². The van der Waals surface area contributed by atoms with Gasteiger partial charge in [-0.1, -0.05) is 29.8 Å². The van der Waals surface area contributed by atoms with Crippen LogP contribution in [0.4, 0.5) is 0 Å². The molecule has 0 aromatic rings. The summed E-state index contributed by atoms with van der Waals surface area (Å²) in [6.07, 6.45) is 12.1. The Bertz CT molecular complexity index is 596. The molecule has 0 radical (unpaired) electrons. The molecular weight excluding hydrogens is 416 g/mol. The number of halogens is 1. The van der Waals surface area contributed by atoms with Gasteiger partial charge >= 0.3 is 0 Å². The van der Waals surface area contributed by atoms with Crippen molar-refractivity contribution in [3.05, 3.63) is 0 Å². The highest BCUT2D eigenvalue weighted by molar-refractivity contribution is 9.10. The SMILES string of the molecule is CCC(CC)C(=O)N1CCC(NC(=O)CC23CC4CC(CC(Br)(C4)C2)C3)CC1. The fourth-order valence-electron chi connectivity index (χ4n) is 7.30. The maximum absolute atomic E-state index is 12.9. The number of hydrogen-bond donors (Lipinski definition) is 1. The van der Waals surface area contributed by atoms with E-state index in [1.54, 1.807) is 0 Å². The Labute approximate surface area is 178 Å². The van der Waals surface area contributed by atoms with Crippen molar-refractivity contribution in [1.29, 1.82) is 0 Å². The lowest BCUT2D eigenvalue weighted by Crippen LogP contribution is -2.54. The molecule has 5 heteroatoms. The van der Waals surface area contributed by atoms with Gasteiger partial charge in [-0.05, 0) is 81.5 Å². The van der Waals surface area contributed by atoms with Gasteiger partial charge in [-0.15, -0.1) is 0 Å². The minimum atomic E-state index is 0.166. The molecule has 2 amide bonds. The van der Waals surface area contributed by atoms with Crippen LogP contribution < -0.4 is 5.32 Å². The zero-order chi connectivity index (χ0) is 19.9. The summed E-state index contributed by atoms with van der Waals surface area (Å²) < 4.78 is 0.318. The third-order valence-corrected chi connectivity index (χ3v) is 9.08. The highest BCUT2D eigenvalue weighted by Gasteiger charge is 2.57. The van der Waals surface area contributed by atoms with E-state index in [1.807, 2.05) is 4.90 Å². The van der Waals surface area contributed by atoms with Crippen LogP contribution in [0.3, 0.4) is 0 Å². The fourth-order valence-corrected chi connectivity index (χ4v) is 8.81. The molecule has 1 aliphatic heterocycles. The van der Waals surface area contributed by atoms with Gasteiger partial charge in [0.2, 0.25) is 11.8 Å². The van der Waals surface area contributed by atoms with Crippen molar-refractivity contribution in [3.63, 3.8) is 0 Å². The number of alkyl halides is 1. The highest BCUT2D eigenvalue weighted by atomic mass is 79.9. The van der Waals surface area contributed by atoms with Gasteiger partial charge in [0.05, 0.1) is 0 Å². The Hall–Kier alpha value is -0.580. The molecular formula is C23H37BrN2O2. The number of nitrogens with one attached hydrogen (secondary N) is 1. The molecule has 5 aliphatic rings. The molecule has 5 fully saturated rings. The first-order valence-corrected chi connectivity index (χ1v) is 12.4. The Kier molecular flexibility index (Phi) is 5.85. The van der Waals surface area contributed by atoms with Gasteiger partial charge in [-0.25, -0.2) is 0 Å². The molecule has 0 aromatic carbocycles. The molecule has 1 saturated heterocycles. The van der Waals surface area contributed by atoms with Crippen LogP contribution in [0.5, 0.6) is 0 Å². The number of amides is 2. The lowest BCUT2D eigenvalue weighted by Gasteiger charge is -2.60. The van der Waals surface area contributed by atoms with Gasteiger partial charge in [0.15, 0.2) is 0 Å².